The Labute approximate surface area is 157 Å². The lowest BCUT2D eigenvalue weighted by molar-refractivity contribution is 0.709. The van der Waals surface area contributed by atoms with Crippen molar-refractivity contribution in [2.45, 2.75) is 33.2 Å². The van der Waals surface area contributed by atoms with Crippen LogP contribution in [0.3, 0.4) is 0 Å². The Bertz CT molecular complexity index is 566. The van der Waals surface area contributed by atoms with Crippen molar-refractivity contribution in [1.82, 2.24) is 15.6 Å². The fourth-order valence-electron chi connectivity index (χ4n) is 1.90. The molecule has 22 heavy (non-hydrogen) atoms. The molecule has 0 saturated heterocycles. The van der Waals surface area contributed by atoms with Crippen molar-refractivity contribution in [1.29, 1.82) is 0 Å². The highest BCUT2D eigenvalue weighted by molar-refractivity contribution is 14.0. The van der Waals surface area contributed by atoms with Gasteiger partial charge in [-0.25, -0.2) is 9.98 Å². The van der Waals surface area contributed by atoms with Crippen molar-refractivity contribution in [3.05, 3.63) is 38.5 Å². The van der Waals surface area contributed by atoms with Crippen molar-refractivity contribution in [2.75, 3.05) is 13.1 Å². The van der Waals surface area contributed by atoms with Gasteiger partial charge in [0.1, 0.15) is 0 Å². The molecule has 0 radical (unpaired) electrons. The lowest BCUT2D eigenvalue weighted by Gasteiger charge is -2.14. The number of halogens is 1. The van der Waals surface area contributed by atoms with Gasteiger partial charge in [-0.15, -0.1) is 46.7 Å². The van der Waals surface area contributed by atoms with Crippen molar-refractivity contribution in [2.24, 2.45) is 4.99 Å². The number of hydrogen-bond donors (Lipinski definition) is 2. The third kappa shape index (κ3) is 6.21. The molecule has 2 N–H and O–H groups in total. The highest BCUT2D eigenvalue weighted by Gasteiger charge is 2.07. The van der Waals surface area contributed by atoms with Gasteiger partial charge < -0.3 is 10.6 Å². The number of guanidine groups is 1. The predicted octanol–water partition coefficient (Wildman–Crippen LogP) is 3.99. The number of aromatic nitrogens is 1. The number of rotatable bonds is 6. The number of thiophene rings is 1. The first-order valence-electron chi connectivity index (χ1n) is 7.16. The fraction of sp³-hybridized carbons (Fsp3) is 0.467. The van der Waals surface area contributed by atoms with Crippen LogP contribution in [0, 0.1) is 6.92 Å². The van der Waals surface area contributed by atoms with E-state index in [1.165, 1.54) is 9.75 Å². The Morgan fingerprint density at radius 3 is 2.82 bits per heavy atom. The Hall–Kier alpha value is -0.670. The summed E-state index contributed by atoms with van der Waals surface area (Å²) in [6.45, 7) is 8.75. The zero-order valence-electron chi connectivity index (χ0n) is 13.1. The fourth-order valence-corrected chi connectivity index (χ4v) is 3.41. The lowest BCUT2D eigenvalue weighted by Crippen LogP contribution is -2.38. The standard InChI is InChI=1S/C15H22N4S2.HI/c1-4-16-15(19-10-13-9-17-12(3)21-13)18-8-11(2)14-6-5-7-20-14;/h5-7,9,11H,4,8,10H2,1-3H3,(H2,16,18,19);1H. The van der Waals surface area contributed by atoms with E-state index >= 15 is 0 Å². The summed E-state index contributed by atoms with van der Waals surface area (Å²) < 4.78 is 0. The molecule has 2 rings (SSSR count). The maximum atomic E-state index is 4.62. The highest BCUT2D eigenvalue weighted by atomic mass is 127. The van der Waals surface area contributed by atoms with Gasteiger partial charge in [-0.1, -0.05) is 13.0 Å². The van der Waals surface area contributed by atoms with Gasteiger partial charge in [0.15, 0.2) is 5.96 Å². The molecular formula is C15H23IN4S2. The van der Waals surface area contributed by atoms with Crippen LogP contribution >= 0.6 is 46.7 Å². The van der Waals surface area contributed by atoms with E-state index in [9.17, 15) is 0 Å². The summed E-state index contributed by atoms with van der Waals surface area (Å²) in [7, 11) is 0. The molecule has 0 aromatic carbocycles. The first-order valence-corrected chi connectivity index (χ1v) is 8.85. The number of aliphatic imine (C=N–C) groups is 1. The van der Waals surface area contributed by atoms with Crippen LogP contribution in [-0.4, -0.2) is 24.0 Å². The summed E-state index contributed by atoms with van der Waals surface area (Å²) >= 11 is 3.50. The number of thiazole rings is 1. The molecule has 122 valence electrons. The van der Waals surface area contributed by atoms with E-state index in [4.69, 9.17) is 0 Å². The quantitative estimate of drug-likeness (QED) is 0.398. The van der Waals surface area contributed by atoms with Gasteiger partial charge in [0.25, 0.3) is 0 Å². The van der Waals surface area contributed by atoms with E-state index in [0.717, 1.165) is 24.1 Å². The Balaban J connectivity index is 0.00000242. The zero-order chi connectivity index (χ0) is 15.1. The summed E-state index contributed by atoms with van der Waals surface area (Å²) in [5.41, 5.74) is 0. The average Bonchev–Trinajstić information content (AvgIpc) is 3.13. The molecule has 0 spiro atoms. The molecule has 4 nitrogen and oxygen atoms in total. The van der Waals surface area contributed by atoms with E-state index < -0.39 is 0 Å². The molecule has 0 saturated carbocycles. The number of hydrogen-bond acceptors (Lipinski definition) is 4. The normalized spacial score (nSPS) is 12.6. The molecule has 2 heterocycles. The van der Waals surface area contributed by atoms with Crippen molar-refractivity contribution >= 4 is 52.6 Å². The predicted molar refractivity (Wildman–Crippen MR) is 108 cm³/mol. The molecule has 0 fully saturated rings. The lowest BCUT2D eigenvalue weighted by atomic mass is 10.1. The second kappa shape index (κ2) is 10.2. The van der Waals surface area contributed by atoms with E-state index in [1.807, 2.05) is 13.1 Å². The SMILES string of the molecule is CCNC(=NCc1cnc(C)s1)NCC(C)c1cccs1.I. The first-order chi connectivity index (χ1) is 10.2. The van der Waals surface area contributed by atoms with Crippen LogP contribution in [0.1, 0.15) is 34.5 Å². The minimum atomic E-state index is 0. The highest BCUT2D eigenvalue weighted by Crippen LogP contribution is 2.19. The van der Waals surface area contributed by atoms with Crippen LogP contribution in [-0.2, 0) is 6.54 Å². The van der Waals surface area contributed by atoms with Crippen molar-refractivity contribution in [3.8, 4) is 0 Å². The summed E-state index contributed by atoms with van der Waals surface area (Å²) in [6.07, 6.45) is 1.90. The van der Waals surface area contributed by atoms with Crippen LogP contribution in [0.4, 0.5) is 0 Å². The van der Waals surface area contributed by atoms with Crippen LogP contribution < -0.4 is 10.6 Å². The minimum Gasteiger partial charge on any atom is -0.357 e. The Kier molecular flexibility index (Phi) is 8.96. The number of nitrogens with one attached hydrogen (secondary N) is 2. The molecule has 0 aliphatic heterocycles. The molecule has 0 aliphatic rings. The molecule has 2 aromatic heterocycles. The monoisotopic (exact) mass is 450 g/mol. The van der Waals surface area contributed by atoms with Gasteiger partial charge >= 0.3 is 0 Å². The topological polar surface area (TPSA) is 49.3 Å². The molecular weight excluding hydrogens is 427 g/mol. The Morgan fingerprint density at radius 2 is 2.23 bits per heavy atom. The van der Waals surface area contributed by atoms with E-state index in [-0.39, 0.29) is 24.0 Å². The smallest absolute Gasteiger partial charge is 0.191 e. The summed E-state index contributed by atoms with van der Waals surface area (Å²) in [5.74, 6) is 1.35. The maximum absolute atomic E-state index is 4.62. The Morgan fingerprint density at radius 1 is 1.41 bits per heavy atom. The number of aryl methyl sites for hydroxylation is 1. The number of nitrogens with zero attached hydrogens (tertiary/aromatic N) is 2. The first kappa shape index (κ1) is 19.4. The largest absolute Gasteiger partial charge is 0.357 e. The molecule has 1 atom stereocenters. The third-order valence-corrected chi connectivity index (χ3v) is 5.01. The molecule has 0 aliphatic carbocycles. The summed E-state index contributed by atoms with van der Waals surface area (Å²) in [4.78, 5) is 11.5. The van der Waals surface area contributed by atoms with E-state index in [1.54, 1.807) is 22.7 Å². The van der Waals surface area contributed by atoms with Crippen LogP contribution in [0.25, 0.3) is 0 Å². The second-order valence-electron chi connectivity index (χ2n) is 4.84. The van der Waals surface area contributed by atoms with E-state index in [2.05, 4.69) is 52.0 Å². The third-order valence-electron chi connectivity index (χ3n) is 3.01. The average molecular weight is 450 g/mol. The van der Waals surface area contributed by atoms with Gasteiger partial charge in [0.05, 0.1) is 11.6 Å². The zero-order valence-corrected chi connectivity index (χ0v) is 17.1. The van der Waals surface area contributed by atoms with Crippen LogP contribution in [0.5, 0.6) is 0 Å². The van der Waals surface area contributed by atoms with Gasteiger partial charge in [-0.2, -0.15) is 0 Å². The van der Waals surface area contributed by atoms with Gasteiger partial charge in [0.2, 0.25) is 0 Å². The summed E-state index contributed by atoms with van der Waals surface area (Å²) in [6, 6.07) is 4.28. The van der Waals surface area contributed by atoms with Gasteiger partial charge in [-0.05, 0) is 25.3 Å². The summed E-state index contributed by atoms with van der Waals surface area (Å²) in [5, 5.41) is 9.91. The molecule has 1 unspecified atom stereocenters. The molecule has 0 bridgehead atoms. The van der Waals surface area contributed by atoms with Crippen molar-refractivity contribution < 1.29 is 0 Å². The minimum absolute atomic E-state index is 0. The van der Waals surface area contributed by atoms with Gasteiger partial charge in [0, 0.05) is 35.0 Å². The van der Waals surface area contributed by atoms with Crippen LogP contribution in [0.15, 0.2) is 28.7 Å². The van der Waals surface area contributed by atoms with Gasteiger partial charge in [-0.3, -0.25) is 0 Å². The van der Waals surface area contributed by atoms with E-state index in [0.29, 0.717) is 12.5 Å². The molecule has 7 heteroatoms. The molecule has 0 amide bonds. The second-order valence-corrected chi connectivity index (χ2v) is 7.14. The molecule has 2 aromatic rings. The maximum Gasteiger partial charge on any atom is 0.191 e. The van der Waals surface area contributed by atoms with Crippen molar-refractivity contribution in [3.63, 3.8) is 0 Å². The van der Waals surface area contributed by atoms with Crippen LogP contribution in [0.2, 0.25) is 0 Å².